The fourth-order valence-electron chi connectivity index (χ4n) is 3.00. The molecule has 3 N–H and O–H groups in total. The van der Waals surface area contributed by atoms with Gasteiger partial charge in [0.15, 0.2) is 5.60 Å². The van der Waals surface area contributed by atoms with Gasteiger partial charge in [0.2, 0.25) is 0 Å². The van der Waals surface area contributed by atoms with Crippen LogP contribution in [0, 0.1) is 5.92 Å². The van der Waals surface area contributed by atoms with E-state index in [-0.39, 0.29) is 23.5 Å². The second-order valence-corrected chi connectivity index (χ2v) is 9.70. The Kier molecular flexibility index (Phi) is 13.8. The molecule has 0 saturated carbocycles. The van der Waals surface area contributed by atoms with Gasteiger partial charge in [-0.3, -0.25) is 9.59 Å². The lowest BCUT2D eigenvalue weighted by Crippen LogP contribution is -2.55. The molecule has 6 atom stereocenters. The molecule has 0 radical (unpaired) electrons. The maximum Gasteiger partial charge on any atom is 0.337 e. The standard InChI is InChI=1S/C18H32O7S4/c1-3-5-11(26)13(28)7-10(16(21)22)18(17(23)24,8-15(19)20)25-9-14(29)12(27)6-4-2/h10-14,26-29H,3-9H2,1-2H3,(H,19,20)(H,21,22)(H,23,24). The van der Waals surface area contributed by atoms with Gasteiger partial charge in [-0.15, -0.1) is 0 Å². The largest absolute Gasteiger partial charge is 0.481 e. The molecule has 0 rings (SSSR count). The molecule has 0 aromatic heterocycles. The van der Waals surface area contributed by atoms with Crippen molar-refractivity contribution in [3.8, 4) is 0 Å². The molecule has 6 unspecified atom stereocenters. The van der Waals surface area contributed by atoms with E-state index in [1.54, 1.807) is 0 Å². The molecule has 11 heteroatoms. The molecule has 0 bridgehead atoms. The van der Waals surface area contributed by atoms with Crippen molar-refractivity contribution in [1.82, 2.24) is 0 Å². The highest BCUT2D eigenvalue weighted by Gasteiger charge is 2.53. The number of ether oxygens (including phenoxy) is 1. The van der Waals surface area contributed by atoms with Gasteiger partial charge in [0.05, 0.1) is 18.9 Å². The fourth-order valence-corrected chi connectivity index (χ4v) is 4.30. The Bertz CT molecular complexity index is 548. The van der Waals surface area contributed by atoms with Crippen LogP contribution in [-0.4, -0.2) is 66.4 Å². The number of aliphatic carboxylic acids is 3. The van der Waals surface area contributed by atoms with E-state index in [4.69, 9.17) is 4.74 Å². The average molecular weight is 489 g/mol. The summed E-state index contributed by atoms with van der Waals surface area (Å²) in [6.45, 7) is 3.63. The molecule has 0 amide bonds. The molecule has 0 aliphatic carbocycles. The molecule has 0 spiro atoms. The van der Waals surface area contributed by atoms with E-state index in [2.05, 4.69) is 50.5 Å². The van der Waals surface area contributed by atoms with E-state index in [0.717, 1.165) is 12.8 Å². The van der Waals surface area contributed by atoms with Crippen molar-refractivity contribution in [3.05, 3.63) is 0 Å². The van der Waals surface area contributed by atoms with Gasteiger partial charge in [0, 0.05) is 21.0 Å². The van der Waals surface area contributed by atoms with E-state index >= 15 is 0 Å². The van der Waals surface area contributed by atoms with Crippen molar-refractivity contribution in [3.63, 3.8) is 0 Å². The first-order valence-corrected chi connectivity index (χ1v) is 11.5. The lowest BCUT2D eigenvalue weighted by atomic mass is 9.80. The highest BCUT2D eigenvalue weighted by molar-refractivity contribution is 7.85. The van der Waals surface area contributed by atoms with Crippen molar-refractivity contribution >= 4 is 68.4 Å². The van der Waals surface area contributed by atoms with Crippen molar-refractivity contribution in [2.75, 3.05) is 6.61 Å². The Hall–Kier alpha value is -0.230. The second-order valence-electron chi connectivity index (χ2n) is 7.05. The van der Waals surface area contributed by atoms with Gasteiger partial charge in [-0.05, 0) is 19.3 Å². The van der Waals surface area contributed by atoms with E-state index in [9.17, 15) is 29.7 Å². The summed E-state index contributed by atoms with van der Waals surface area (Å²) in [5.41, 5.74) is -2.46. The molecule has 0 aromatic carbocycles. The van der Waals surface area contributed by atoms with Crippen molar-refractivity contribution in [2.45, 2.75) is 79.0 Å². The Morgan fingerprint density at radius 1 is 0.862 bits per heavy atom. The van der Waals surface area contributed by atoms with Gasteiger partial charge in [0.1, 0.15) is 0 Å². The molecule has 170 valence electrons. The Morgan fingerprint density at radius 2 is 1.34 bits per heavy atom. The van der Waals surface area contributed by atoms with Crippen LogP contribution in [0.25, 0.3) is 0 Å². The minimum Gasteiger partial charge on any atom is -0.481 e. The summed E-state index contributed by atoms with van der Waals surface area (Å²) < 4.78 is 5.55. The zero-order valence-electron chi connectivity index (χ0n) is 16.6. The summed E-state index contributed by atoms with van der Waals surface area (Å²) in [6.07, 6.45) is 1.75. The normalized spacial score (nSPS) is 18.8. The first kappa shape index (κ1) is 28.8. The lowest BCUT2D eigenvalue weighted by molar-refractivity contribution is -0.189. The van der Waals surface area contributed by atoms with Crippen LogP contribution in [0.15, 0.2) is 0 Å². The van der Waals surface area contributed by atoms with Gasteiger partial charge in [-0.25, -0.2) is 4.79 Å². The van der Waals surface area contributed by atoms with Crippen LogP contribution in [0.1, 0.15) is 52.4 Å². The first-order chi connectivity index (χ1) is 13.4. The smallest absolute Gasteiger partial charge is 0.337 e. The monoisotopic (exact) mass is 488 g/mol. The van der Waals surface area contributed by atoms with Crippen LogP contribution in [-0.2, 0) is 19.1 Å². The van der Waals surface area contributed by atoms with Crippen LogP contribution < -0.4 is 0 Å². The second kappa shape index (κ2) is 14.0. The molecular formula is C18H32O7S4. The van der Waals surface area contributed by atoms with Crippen LogP contribution in [0.4, 0.5) is 0 Å². The third kappa shape index (κ3) is 9.20. The van der Waals surface area contributed by atoms with Gasteiger partial charge < -0.3 is 20.1 Å². The summed E-state index contributed by atoms with van der Waals surface area (Å²) in [7, 11) is 0. The summed E-state index contributed by atoms with van der Waals surface area (Å²) in [5.74, 6) is -6.21. The number of thiol groups is 4. The zero-order valence-corrected chi connectivity index (χ0v) is 20.2. The predicted octanol–water partition coefficient (Wildman–Crippen LogP) is 3.19. The molecule has 0 aliphatic rings. The van der Waals surface area contributed by atoms with E-state index in [1.807, 2.05) is 13.8 Å². The van der Waals surface area contributed by atoms with E-state index in [0.29, 0.717) is 12.8 Å². The Morgan fingerprint density at radius 3 is 1.72 bits per heavy atom. The van der Waals surface area contributed by atoms with Gasteiger partial charge in [0.25, 0.3) is 0 Å². The number of carbonyl (C=O) groups is 3. The maximum absolute atomic E-state index is 12.1. The number of hydrogen-bond acceptors (Lipinski definition) is 8. The number of rotatable bonds is 16. The molecular weight excluding hydrogens is 456 g/mol. The molecule has 0 fully saturated rings. The molecule has 0 aliphatic heterocycles. The summed E-state index contributed by atoms with van der Waals surface area (Å²) in [6, 6.07) is 0. The molecule has 0 aromatic rings. The van der Waals surface area contributed by atoms with Crippen molar-refractivity contribution in [1.29, 1.82) is 0 Å². The zero-order chi connectivity index (χ0) is 22.8. The van der Waals surface area contributed by atoms with Gasteiger partial charge >= 0.3 is 17.9 Å². The highest BCUT2D eigenvalue weighted by Crippen LogP contribution is 2.35. The maximum atomic E-state index is 12.1. The third-order valence-electron chi connectivity index (χ3n) is 4.68. The number of hydrogen-bond donors (Lipinski definition) is 7. The first-order valence-electron chi connectivity index (χ1n) is 9.47. The topological polar surface area (TPSA) is 121 Å². The van der Waals surface area contributed by atoms with Crippen LogP contribution in [0.3, 0.4) is 0 Å². The molecule has 0 heterocycles. The van der Waals surface area contributed by atoms with Crippen LogP contribution in [0.5, 0.6) is 0 Å². The van der Waals surface area contributed by atoms with Crippen molar-refractivity contribution in [2.24, 2.45) is 5.92 Å². The summed E-state index contributed by atoms with van der Waals surface area (Å²) in [5, 5.41) is 27.4. The average Bonchev–Trinajstić information content (AvgIpc) is 2.62. The molecule has 7 nitrogen and oxygen atoms in total. The highest BCUT2D eigenvalue weighted by atomic mass is 32.1. The third-order valence-corrected chi connectivity index (χ3v) is 7.47. The minimum absolute atomic E-state index is 0.206. The number of carboxylic acids is 3. The van der Waals surface area contributed by atoms with Crippen LogP contribution >= 0.6 is 50.5 Å². The van der Waals surface area contributed by atoms with Crippen molar-refractivity contribution < 1.29 is 34.4 Å². The fraction of sp³-hybridized carbons (Fsp3) is 0.833. The quantitative estimate of drug-likeness (QED) is 0.167. The van der Waals surface area contributed by atoms with Gasteiger partial charge in [-0.2, -0.15) is 50.5 Å². The molecule has 0 saturated heterocycles. The summed E-state index contributed by atoms with van der Waals surface area (Å²) in [4.78, 5) is 35.6. The SMILES string of the molecule is CCCC(S)C(S)COC(CC(=O)O)(C(=O)O)C(CC(S)C(S)CCC)C(=O)O. The van der Waals surface area contributed by atoms with Gasteiger partial charge in [-0.1, -0.05) is 26.7 Å². The summed E-state index contributed by atoms with van der Waals surface area (Å²) >= 11 is 17.6. The predicted molar refractivity (Wildman–Crippen MR) is 125 cm³/mol. The van der Waals surface area contributed by atoms with Crippen LogP contribution in [0.2, 0.25) is 0 Å². The Balaban J connectivity index is 5.85. The minimum atomic E-state index is -2.46. The van der Waals surface area contributed by atoms with E-state index < -0.39 is 46.3 Å². The Labute approximate surface area is 194 Å². The lowest BCUT2D eigenvalue weighted by Gasteiger charge is -2.36. The molecule has 29 heavy (non-hydrogen) atoms. The number of carboxylic acid groups (broad SMARTS) is 3. The van der Waals surface area contributed by atoms with E-state index in [1.165, 1.54) is 0 Å².